The highest BCUT2D eigenvalue weighted by molar-refractivity contribution is 5.95. The van der Waals surface area contributed by atoms with Crippen LogP contribution in [0.1, 0.15) is 23.9 Å². The van der Waals surface area contributed by atoms with Gasteiger partial charge in [-0.25, -0.2) is 0 Å². The van der Waals surface area contributed by atoms with Crippen molar-refractivity contribution in [1.82, 2.24) is 10.2 Å². The largest absolute Gasteiger partial charge is 0.469 e. The normalized spacial score (nSPS) is 19.1. The second kappa shape index (κ2) is 6.43. The first kappa shape index (κ1) is 15.1. The fourth-order valence-corrected chi connectivity index (χ4v) is 2.33. The van der Waals surface area contributed by atoms with Gasteiger partial charge in [-0.1, -0.05) is 0 Å². The van der Waals surface area contributed by atoms with Gasteiger partial charge in [0.05, 0.1) is 19.3 Å². The molecule has 7 nitrogen and oxygen atoms in total. The molecule has 2 unspecified atom stereocenters. The molecule has 2 atom stereocenters. The third kappa shape index (κ3) is 3.42. The Balaban J connectivity index is 1.88. The van der Waals surface area contributed by atoms with Crippen LogP contribution >= 0.6 is 0 Å². The topological polar surface area (TPSA) is 88.9 Å². The van der Waals surface area contributed by atoms with Gasteiger partial charge >= 0.3 is 5.97 Å². The standard InChI is InChI=1S/C14H18N2O5/c1-9(15-12(17)11-4-3-7-21-11)13(18)16-6-5-10(8-16)14(19)20-2/h3-4,7,9-10H,5-6,8H2,1-2H3,(H,15,17). The number of carbonyl (C=O) groups excluding carboxylic acids is 3. The number of carbonyl (C=O) groups is 3. The summed E-state index contributed by atoms with van der Waals surface area (Å²) in [6.45, 7) is 2.42. The van der Waals surface area contributed by atoms with Crippen LogP contribution < -0.4 is 5.32 Å². The molecule has 0 saturated carbocycles. The highest BCUT2D eigenvalue weighted by Crippen LogP contribution is 2.18. The number of ether oxygens (including phenoxy) is 1. The predicted octanol–water partition coefficient (Wildman–Crippen LogP) is 0.419. The lowest BCUT2D eigenvalue weighted by molar-refractivity contribution is -0.145. The zero-order valence-electron chi connectivity index (χ0n) is 12.0. The van der Waals surface area contributed by atoms with E-state index in [1.807, 2.05) is 0 Å². The summed E-state index contributed by atoms with van der Waals surface area (Å²) >= 11 is 0. The maximum absolute atomic E-state index is 12.2. The molecule has 2 heterocycles. The predicted molar refractivity (Wildman–Crippen MR) is 72.3 cm³/mol. The molecule has 0 spiro atoms. The van der Waals surface area contributed by atoms with Gasteiger partial charge in [-0.2, -0.15) is 0 Å². The molecule has 1 fully saturated rings. The summed E-state index contributed by atoms with van der Waals surface area (Å²) in [5.41, 5.74) is 0. The number of hydrogen-bond donors (Lipinski definition) is 1. The van der Waals surface area contributed by atoms with Gasteiger partial charge in [-0.15, -0.1) is 0 Å². The van der Waals surface area contributed by atoms with Gasteiger partial charge in [0.2, 0.25) is 5.91 Å². The molecule has 1 saturated heterocycles. The fourth-order valence-electron chi connectivity index (χ4n) is 2.33. The summed E-state index contributed by atoms with van der Waals surface area (Å²) < 4.78 is 9.64. The van der Waals surface area contributed by atoms with E-state index in [-0.39, 0.29) is 23.6 Å². The van der Waals surface area contributed by atoms with Crippen LogP contribution in [0.2, 0.25) is 0 Å². The Labute approximate surface area is 122 Å². The lowest BCUT2D eigenvalue weighted by atomic mass is 10.1. The van der Waals surface area contributed by atoms with Crippen molar-refractivity contribution in [3.8, 4) is 0 Å². The molecule has 2 amide bonds. The van der Waals surface area contributed by atoms with Crippen molar-refractivity contribution in [2.24, 2.45) is 5.92 Å². The molecular formula is C14H18N2O5. The van der Waals surface area contributed by atoms with Crippen LogP contribution in [0.5, 0.6) is 0 Å². The maximum Gasteiger partial charge on any atom is 0.310 e. The van der Waals surface area contributed by atoms with Gasteiger partial charge in [0.1, 0.15) is 6.04 Å². The van der Waals surface area contributed by atoms with Crippen LogP contribution in [-0.2, 0) is 14.3 Å². The number of esters is 1. The van der Waals surface area contributed by atoms with Crippen LogP contribution in [0.3, 0.4) is 0 Å². The summed E-state index contributed by atoms with van der Waals surface area (Å²) in [7, 11) is 1.33. The highest BCUT2D eigenvalue weighted by Gasteiger charge is 2.33. The number of nitrogens with one attached hydrogen (secondary N) is 1. The Kier molecular flexibility index (Phi) is 4.62. The van der Waals surface area contributed by atoms with Crippen LogP contribution in [0.15, 0.2) is 22.8 Å². The van der Waals surface area contributed by atoms with Crippen molar-refractivity contribution < 1.29 is 23.5 Å². The molecule has 1 aromatic rings. The van der Waals surface area contributed by atoms with E-state index in [1.54, 1.807) is 17.9 Å². The number of rotatable bonds is 4. The molecule has 0 aromatic carbocycles. The third-order valence-corrected chi connectivity index (χ3v) is 3.50. The summed E-state index contributed by atoms with van der Waals surface area (Å²) in [6, 6.07) is 2.44. The highest BCUT2D eigenvalue weighted by atomic mass is 16.5. The van der Waals surface area contributed by atoms with Crippen LogP contribution in [0.4, 0.5) is 0 Å². The third-order valence-electron chi connectivity index (χ3n) is 3.50. The van der Waals surface area contributed by atoms with E-state index in [0.717, 1.165) is 0 Å². The zero-order chi connectivity index (χ0) is 15.4. The minimum Gasteiger partial charge on any atom is -0.469 e. The molecule has 2 rings (SSSR count). The number of hydrogen-bond acceptors (Lipinski definition) is 5. The van der Waals surface area contributed by atoms with Gasteiger partial charge in [0.15, 0.2) is 5.76 Å². The number of furan rings is 1. The van der Waals surface area contributed by atoms with E-state index in [2.05, 4.69) is 10.1 Å². The van der Waals surface area contributed by atoms with Gasteiger partial charge in [0, 0.05) is 13.1 Å². The van der Waals surface area contributed by atoms with E-state index in [9.17, 15) is 14.4 Å². The van der Waals surface area contributed by atoms with E-state index < -0.39 is 11.9 Å². The molecule has 114 valence electrons. The summed E-state index contributed by atoms with van der Waals surface area (Å²) in [5.74, 6) is -1.10. The number of methoxy groups -OCH3 is 1. The number of nitrogens with zero attached hydrogens (tertiary/aromatic N) is 1. The average Bonchev–Trinajstić information content (AvgIpc) is 3.16. The molecule has 21 heavy (non-hydrogen) atoms. The van der Waals surface area contributed by atoms with E-state index >= 15 is 0 Å². The van der Waals surface area contributed by atoms with Crippen molar-refractivity contribution in [3.63, 3.8) is 0 Å². The molecule has 1 aliphatic heterocycles. The zero-order valence-corrected chi connectivity index (χ0v) is 12.0. The number of amides is 2. The van der Waals surface area contributed by atoms with Crippen molar-refractivity contribution in [3.05, 3.63) is 24.2 Å². The summed E-state index contributed by atoms with van der Waals surface area (Å²) in [5, 5.41) is 2.58. The minimum atomic E-state index is -0.681. The van der Waals surface area contributed by atoms with Crippen molar-refractivity contribution in [2.45, 2.75) is 19.4 Å². The lowest BCUT2D eigenvalue weighted by Crippen LogP contribution is -2.46. The minimum absolute atomic E-state index is 0.156. The van der Waals surface area contributed by atoms with Gasteiger partial charge in [-0.05, 0) is 25.5 Å². The van der Waals surface area contributed by atoms with Crippen LogP contribution in [-0.4, -0.2) is 48.9 Å². The molecule has 1 aromatic heterocycles. The molecule has 0 bridgehead atoms. The molecular weight excluding hydrogens is 276 g/mol. The van der Waals surface area contributed by atoms with Crippen LogP contribution in [0.25, 0.3) is 0 Å². The maximum atomic E-state index is 12.2. The van der Waals surface area contributed by atoms with E-state index in [4.69, 9.17) is 4.42 Å². The monoisotopic (exact) mass is 294 g/mol. The van der Waals surface area contributed by atoms with Crippen molar-refractivity contribution >= 4 is 17.8 Å². The van der Waals surface area contributed by atoms with Crippen LogP contribution in [0, 0.1) is 5.92 Å². The lowest BCUT2D eigenvalue weighted by Gasteiger charge is -2.21. The summed E-state index contributed by atoms with van der Waals surface area (Å²) in [6.07, 6.45) is 1.97. The van der Waals surface area contributed by atoms with Gasteiger partial charge < -0.3 is 19.4 Å². The Morgan fingerprint density at radius 1 is 1.48 bits per heavy atom. The second-order valence-corrected chi connectivity index (χ2v) is 4.97. The fraction of sp³-hybridized carbons (Fsp3) is 0.500. The quantitative estimate of drug-likeness (QED) is 0.813. The molecule has 0 aliphatic carbocycles. The van der Waals surface area contributed by atoms with Crippen molar-refractivity contribution in [2.75, 3.05) is 20.2 Å². The smallest absolute Gasteiger partial charge is 0.310 e. The Morgan fingerprint density at radius 3 is 2.86 bits per heavy atom. The first-order valence-electron chi connectivity index (χ1n) is 6.74. The summed E-state index contributed by atoms with van der Waals surface area (Å²) in [4.78, 5) is 37.0. The van der Waals surface area contributed by atoms with E-state index in [0.29, 0.717) is 19.5 Å². The van der Waals surface area contributed by atoms with E-state index in [1.165, 1.54) is 19.4 Å². The Morgan fingerprint density at radius 2 is 2.24 bits per heavy atom. The second-order valence-electron chi connectivity index (χ2n) is 4.97. The first-order chi connectivity index (χ1) is 10.0. The number of likely N-dealkylation sites (tertiary alicyclic amines) is 1. The SMILES string of the molecule is COC(=O)C1CCN(C(=O)C(C)NC(=O)c2ccco2)C1. The van der Waals surface area contributed by atoms with Gasteiger partial charge in [0.25, 0.3) is 5.91 Å². The Bertz CT molecular complexity index is 525. The first-order valence-corrected chi connectivity index (χ1v) is 6.74. The molecule has 7 heteroatoms. The Hall–Kier alpha value is -2.31. The molecule has 1 aliphatic rings. The molecule has 1 N–H and O–H groups in total. The average molecular weight is 294 g/mol. The van der Waals surface area contributed by atoms with Gasteiger partial charge in [-0.3, -0.25) is 14.4 Å². The van der Waals surface area contributed by atoms with Crippen molar-refractivity contribution in [1.29, 1.82) is 0 Å². The molecule has 0 radical (unpaired) electrons.